The number of hydrogen-bond donors (Lipinski definition) is 0. The molecule has 2 atom stereocenters. The Balaban J connectivity index is 2.51. The van der Waals surface area contributed by atoms with Crippen molar-refractivity contribution in [2.24, 2.45) is 0 Å². The lowest BCUT2D eigenvalue weighted by atomic mass is 9.99. The predicted molar refractivity (Wildman–Crippen MR) is 90.5 cm³/mol. The fourth-order valence-electron chi connectivity index (χ4n) is 2.55. The first-order chi connectivity index (χ1) is 11.2. The van der Waals surface area contributed by atoms with Gasteiger partial charge < -0.3 is 14.2 Å². The lowest BCUT2D eigenvalue weighted by Gasteiger charge is -2.19. The van der Waals surface area contributed by atoms with Gasteiger partial charge in [0.15, 0.2) is 29.5 Å². The summed E-state index contributed by atoms with van der Waals surface area (Å²) in [6.45, 7) is 10.8. The number of ether oxygens (including phenoxy) is 3. The van der Waals surface area contributed by atoms with Crippen molar-refractivity contribution in [1.82, 2.24) is 0 Å². The van der Waals surface area contributed by atoms with E-state index in [1.165, 1.54) is 20.1 Å². The number of methoxy groups -OCH3 is 1. The number of benzene rings is 1. The highest BCUT2D eigenvalue weighted by molar-refractivity contribution is 5.95. The van der Waals surface area contributed by atoms with E-state index in [2.05, 4.69) is 6.58 Å². The quantitative estimate of drug-likeness (QED) is 0.356. The van der Waals surface area contributed by atoms with Crippen LogP contribution in [0.15, 0.2) is 35.9 Å². The van der Waals surface area contributed by atoms with Crippen molar-refractivity contribution >= 4 is 11.8 Å². The van der Waals surface area contributed by atoms with Crippen LogP contribution in [0.5, 0.6) is 11.5 Å². The van der Waals surface area contributed by atoms with E-state index in [-0.39, 0.29) is 5.78 Å². The molecule has 24 heavy (non-hydrogen) atoms. The van der Waals surface area contributed by atoms with E-state index in [0.717, 1.165) is 5.57 Å². The Morgan fingerprint density at radius 2 is 1.88 bits per heavy atom. The number of rotatable bonds is 5. The number of fused-ring (bicyclic) bond motifs is 1. The summed E-state index contributed by atoms with van der Waals surface area (Å²) >= 11 is 0. The fourth-order valence-corrected chi connectivity index (χ4v) is 2.55. The number of carbonyl (C=O) groups is 2. The molecule has 1 aromatic carbocycles. The van der Waals surface area contributed by atoms with Crippen LogP contribution in [0.25, 0.3) is 0 Å². The van der Waals surface area contributed by atoms with Crippen molar-refractivity contribution in [2.75, 3.05) is 7.11 Å². The third-order valence-electron chi connectivity index (χ3n) is 3.67. The Labute approximate surface area is 141 Å². The molecule has 0 radical (unpaired) electrons. The SMILES string of the molecule is C=C(C)[C@@H]1Oc2c(OC)cc(C(C)=O)cc2[C@H]1OC(=O)C=C(C)C. The zero-order valence-corrected chi connectivity index (χ0v) is 14.6. The maximum atomic E-state index is 12.1. The Kier molecular flexibility index (Phi) is 5.12. The van der Waals surface area contributed by atoms with E-state index >= 15 is 0 Å². The van der Waals surface area contributed by atoms with Gasteiger partial charge in [-0.3, -0.25) is 4.79 Å². The molecule has 5 heteroatoms. The molecular formula is C19H22O5. The summed E-state index contributed by atoms with van der Waals surface area (Å²) in [4.78, 5) is 23.9. The van der Waals surface area contributed by atoms with Gasteiger partial charge in [-0.05, 0) is 45.4 Å². The number of carbonyl (C=O) groups excluding carboxylic acids is 2. The van der Waals surface area contributed by atoms with Crippen LogP contribution in [0.2, 0.25) is 0 Å². The van der Waals surface area contributed by atoms with Crippen LogP contribution in [0.3, 0.4) is 0 Å². The van der Waals surface area contributed by atoms with E-state index in [1.54, 1.807) is 19.1 Å². The molecule has 0 fully saturated rings. The Morgan fingerprint density at radius 1 is 1.21 bits per heavy atom. The average Bonchev–Trinajstić information content (AvgIpc) is 2.84. The Morgan fingerprint density at radius 3 is 2.38 bits per heavy atom. The van der Waals surface area contributed by atoms with Crippen molar-refractivity contribution < 1.29 is 23.8 Å². The molecule has 0 spiro atoms. The van der Waals surface area contributed by atoms with Crippen molar-refractivity contribution in [2.45, 2.75) is 39.9 Å². The monoisotopic (exact) mass is 330 g/mol. The molecule has 128 valence electrons. The van der Waals surface area contributed by atoms with Crippen LogP contribution in [0.4, 0.5) is 0 Å². The summed E-state index contributed by atoms with van der Waals surface area (Å²) in [6.07, 6.45) is 0.221. The van der Waals surface area contributed by atoms with Crippen LogP contribution in [-0.4, -0.2) is 25.0 Å². The minimum atomic E-state index is -0.672. The van der Waals surface area contributed by atoms with Crippen LogP contribution < -0.4 is 9.47 Å². The van der Waals surface area contributed by atoms with E-state index in [9.17, 15) is 9.59 Å². The number of esters is 1. The first kappa shape index (κ1) is 17.8. The van der Waals surface area contributed by atoms with Gasteiger partial charge in [0.2, 0.25) is 0 Å². The summed E-state index contributed by atoms with van der Waals surface area (Å²) < 4.78 is 16.8. The minimum Gasteiger partial charge on any atom is -0.493 e. The molecule has 0 N–H and O–H groups in total. The van der Waals surface area contributed by atoms with Gasteiger partial charge in [0, 0.05) is 17.2 Å². The molecule has 0 aliphatic carbocycles. The van der Waals surface area contributed by atoms with Gasteiger partial charge in [0.25, 0.3) is 0 Å². The second-order valence-electron chi connectivity index (χ2n) is 6.12. The van der Waals surface area contributed by atoms with Crippen LogP contribution >= 0.6 is 0 Å². The maximum Gasteiger partial charge on any atom is 0.331 e. The smallest absolute Gasteiger partial charge is 0.331 e. The lowest BCUT2D eigenvalue weighted by molar-refractivity contribution is -0.145. The Hall–Kier alpha value is -2.56. The molecule has 1 aliphatic rings. The lowest BCUT2D eigenvalue weighted by Crippen LogP contribution is -2.24. The van der Waals surface area contributed by atoms with Gasteiger partial charge in [0.05, 0.1) is 7.11 Å². The van der Waals surface area contributed by atoms with Crippen molar-refractivity contribution in [1.29, 1.82) is 0 Å². The van der Waals surface area contributed by atoms with Crippen LogP contribution in [0.1, 0.15) is 49.7 Å². The van der Waals surface area contributed by atoms with E-state index in [4.69, 9.17) is 14.2 Å². The summed E-state index contributed by atoms with van der Waals surface area (Å²) in [6, 6.07) is 3.31. The van der Waals surface area contributed by atoms with E-state index < -0.39 is 18.2 Å². The van der Waals surface area contributed by atoms with Gasteiger partial charge in [-0.25, -0.2) is 4.79 Å². The van der Waals surface area contributed by atoms with Crippen LogP contribution in [0, 0.1) is 0 Å². The minimum absolute atomic E-state index is 0.107. The standard InChI is InChI=1S/C19H22O5/c1-10(2)7-16(21)23-19-14-8-13(12(5)20)9-15(22-6)18(14)24-17(19)11(3)4/h7-9,17,19H,3H2,1-2,4-6H3/t17-,19+/m0/s1. The fraction of sp³-hybridized carbons (Fsp3) is 0.368. The van der Waals surface area contributed by atoms with Gasteiger partial charge in [-0.15, -0.1) is 0 Å². The molecule has 0 amide bonds. The highest BCUT2D eigenvalue weighted by Crippen LogP contribution is 2.47. The average molecular weight is 330 g/mol. The van der Waals surface area contributed by atoms with Gasteiger partial charge in [-0.1, -0.05) is 12.2 Å². The summed E-state index contributed by atoms with van der Waals surface area (Å²) in [5.41, 5.74) is 2.64. The summed E-state index contributed by atoms with van der Waals surface area (Å²) in [5.74, 6) is 0.342. The number of allylic oxidation sites excluding steroid dienone is 1. The molecule has 1 aliphatic heterocycles. The molecule has 0 saturated heterocycles. The second kappa shape index (κ2) is 6.91. The van der Waals surface area contributed by atoms with Crippen molar-refractivity contribution in [3.63, 3.8) is 0 Å². The normalized spacial score (nSPS) is 18.2. The highest BCUT2D eigenvalue weighted by atomic mass is 16.6. The molecule has 5 nitrogen and oxygen atoms in total. The topological polar surface area (TPSA) is 61.8 Å². The van der Waals surface area contributed by atoms with E-state index in [0.29, 0.717) is 28.2 Å². The zero-order valence-electron chi connectivity index (χ0n) is 14.6. The third-order valence-corrected chi connectivity index (χ3v) is 3.67. The molecule has 0 unspecified atom stereocenters. The highest BCUT2D eigenvalue weighted by Gasteiger charge is 2.40. The molecule has 2 rings (SSSR count). The first-order valence-electron chi connectivity index (χ1n) is 7.65. The van der Waals surface area contributed by atoms with Gasteiger partial charge in [-0.2, -0.15) is 0 Å². The third kappa shape index (κ3) is 3.50. The molecule has 0 bridgehead atoms. The predicted octanol–water partition coefficient (Wildman–Crippen LogP) is 3.79. The molecule has 1 aromatic rings. The van der Waals surface area contributed by atoms with E-state index in [1.807, 2.05) is 13.8 Å². The van der Waals surface area contributed by atoms with Crippen LogP contribution in [-0.2, 0) is 9.53 Å². The number of ketones is 1. The summed E-state index contributed by atoms with van der Waals surface area (Å²) in [5, 5.41) is 0. The maximum absolute atomic E-state index is 12.1. The van der Waals surface area contributed by atoms with Crippen molar-refractivity contribution in [3.8, 4) is 11.5 Å². The summed E-state index contributed by atoms with van der Waals surface area (Å²) in [7, 11) is 1.50. The largest absolute Gasteiger partial charge is 0.493 e. The Bertz CT molecular complexity index is 726. The van der Waals surface area contributed by atoms with Gasteiger partial charge in [0.1, 0.15) is 0 Å². The number of hydrogen-bond acceptors (Lipinski definition) is 5. The number of Topliss-reactive ketones (excluding diaryl/α,β-unsaturated/α-hetero) is 1. The first-order valence-corrected chi connectivity index (χ1v) is 7.65. The van der Waals surface area contributed by atoms with Gasteiger partial charge >= 0.3 is 5.97 Å². The zero-order chi connectivity index (χ0) is 18.0. The second-order valence-corrected chi connectivity index (χ2v) is 6.12. The van der Waals surface area contributed by atoms with Crippen molar-refractivity contribution in [3.05, 3.63) is 47.1 Å². The molecule has 0 aromatic heterocycles. The molecular weight excluding hydrogens is 308 g/mol. The molecule has 1 heterocycles. The molecule has 0 saturated carbocycles.